The SMILES string of the molecule is CCC(N)C1(CC(=O)OC)CCOc2ccccc21. The molecule has 19 heavy (non-hydrogen) atoms. The summed E-state index contributed by atoms with van der Waals surface area (Å²) in [6.07, 6.45) is 1.86. The number of carbonyl (C=O) groups is 1. The molecule has 2 N–H and O–H groups in total. The number of carbonyl (C=O) groups excluding carboxylic acids is 1. The molecule has 1 aliphatic rings. The van der Waals surface area contributed by atoms with Crippen LogP contribution in [0.5, 0.6) is 5.75 Å². The molecule has 1 aromatic carbocycles. The number of ether oxygens (including phenoxy) is 2. The first-order valence-electron chi connectivity index (χ1n) is 6.68. The third kappa shape index (κ3) is 2.45. The van der Waals surface area contributed by atoms with Gasteiger partial charge in [-0.05, 0) is 18.9 Å². The molecule has 1 heterocycles. The van der Waals surface area contributed by atoms with E-state index in [0.29, 0.717) is 13.0 Å². The molecule has 1 aromatic rings. The van der Waals surface area contributed by atoms with Crippen molar-refractivity contribution in [3.05, 3.63) is 29.8 Å². The van der Waals surface area contributed by atoms with E-state index < -0.39 is 0 Å². The van der Waals surface area contributed by atoms with Crippen molar-refractivity contribution < 1.29 is 14.3 Å². The number of benzene rings is 1. The van der Waals surface area contributed by atoms with E-state index in [1.807, 2.05) is 31.2 Å². The van der Waals surface area contributed by atoms with Crippen molar-refractivity contribution >= 4 is 5.97 Å². The van der Waals surface area contributed by atoms with Crippen LogP contribution in [0.4, 0.5) is 0 Å². The first-order chi connectivity index (χ1) is 9.14. The molecule has 0 spiro atoms. The van der Waals surface area contributed by atoms with Crippen molar-refractivity contribution in [2.75, 3.05) is 13.7 Å². The Morgan fingerprint density at radius 3 is 2.95 bits per heavy atom. The highest BCUT2D eigenvalue weighted by atomic mass is 16.5. The Hall–Kier alpha value is -1.55. The Kier molecular flexibility index (Phi) is 4.10. The highest BCUT2D eigenvalue weighted by molar-refractivity contribution is 5.72. The normalized spacial score (nSPS) is 23.1. The van der Waals surface area contributed by atoms with E-state index in [-0.39, 0.29) is 17.4 Å². The van der Waals surface area contributed by atoms with Gasteiger partial charge in [0, 0.05) is 17.0 Å². The summed E-state index contributed by atoms with van der Waals surface area (Å²) in [6.45, 7) is 2.63. The minimum Gasteiger partial charge on any atom is -0.493 e. The predicted molar refractivity (Wildman–Crippen MR) is 73.1 cm³/mol. The molecule has 4 nitrogen and oxygen atoms in total. The quantitative estimate of drug-likeness (QED) is 0.844. The summed E-state index contributed by atoms with van der Waals surface area (Å²) in [7, 11) is 1.42. The van der Waals surface area contributed by atoms with Crippen molar-refractivity contribution in [1.29, 1.82) is 0 Å². The van der Waals surface area contributed by atoms with E-state index in [4.69, 9.17) is 15.2 Å². The zero-order valence-electron chi connectivity index (χ0n) is 11.5. The maximum atomic E-state index is 11.8. The lowest BCUT2D eigenvalue weighted by Gasteiger charge is -2.42. The summed E-state index contributed by atoms with van der Waals surface area (Å²) < 4.78 is 10.5. The first kappa shape index (κ1) is 13.9. The third-order valence-electron chi connectivity index (χ3n) is 4.07. The molecule has 2 unspecified atom stereocenters. The zero-order chi connectivity index (χ0) is 13.9. The largest absolute Gasteiger partial charge is 0.493 e. The highest BCUT2D eigenvalue weighted by Crippen LogP contribution is 2.44. The van der Waals surface area contributed by atoms with E-state index in [1.165, 1.54) is 7.11 Å². The average Bonchev–Trinajstić information content (AvgIpc) is 2.46. The van der Waals surface area contributed by atoms with E-state index in [2.05, 4.69) is 0 Å². The fraction of sp³-hybridized carbons (Fsp3) is 0.533. The van der Waals surface area contributed by atoms with Gasteiger partial charge in [0.15, 0.2) is 0 Å². The van der Waals surface area contributed by atoms with Gasteiger partial charge in [-0.25, -0.2) is 0 Å². The van der Waals surface area contributed by atoms with Gasteiger partial charge in [0.05, 0.1) is 20.1 Å². The molecule has 0 saturated heterocycles. The van der Waals surface area contributed by atoms with Crippen LogP contribution in [0, 0.1) is 0 Å². The lowest BCUT2D eigenvalue weighted by Crippen LogP contribution is -2.49. The molecule has 0 radical (unpaired) electrons. The molecular weight excluding hydrogens is 242 g/mol. The average molecular weight is 263 g/mol. The molecule has 0 fully saturated rings. The minimum absolute atomic E-state index is 0.0864. The second-order valence-electron chi connectivity index (χ2n) is 5.02. The Morgan fingerprint density at radius 1 is 1.53 bits per heavy atom. The van der Waals surface area contributed by atoms with Crippen LogP contribution in [0.1, 0.15) is 31.7 Å². The van der Waals surface area contributed by atoms with Gasteiger partial charge in [-0.2, -0.15) is 0 Å². The lowest BCUT2D eigenvalue weighted by atomic mass is 9.67. The number of nitrogens with two attached hydrogens (primary N) is 1. The minimum atomic E-state index is -0.378. The van der Waals surface area contributed by atoms with E-state index in [0.717, 1.165) is 24.2 Å². The highest BCUT2D eigenvalue weighted by Gasteiger charge is 2.43. The number of hydrogen-bond donors (Lipinski definition) is 1. The second kappa shape index (κ2) is 5.61. The molecule has 0 aromatic heterocycles. The zero-order valence-corrected chi connectivity index (χ0v) is 11.5. The van der Waals surface area contributed by atoms with Crippen LogP contribution >= 0.6 is 0 Å². The first-order valence-corrected chi connectivity index (χ1v) is 6.68. The van der Waals surface area contributed by atoms with Crippen LogP contribution in [0.2, 0.25) is 0 Å². The molecule has 4 heteroatoms. The standard InChI is InChI=1S/C15H21NO3/c1-3-13(16)15(10-14(17)18-2)8-9-19-12-7-5-4-6-11(12)15/h4-7,13H,3,8-10,16H2,1-2H3. The van der Waals surface area contributed by atoms with Crippen molar-refractivity contribution in [2.45, 2.75) is 37.6 Å². The van der Waals surface area contributed by atoms with E-state index in [1.54, 1.807) is 0 Å². The van der Waals surface area contributed by atoms with Crippen molar-refractivity contribution in [1.82, 2.24) is 0 Å². The Balaban J connectivity index is 2.47. The fourth-order valence-electron chi connectivity index (χ4n) is 2.90. The smallest absolute Gasteiger partial charge is 0.306 e. The van der Waals surface area contributed by atoms with Crippen LogP contribution in [-0.2, 0) is 14.9 Å². The maximum Gasteiger partial charge on any atom is 0.306 e. The van der Waals surface area contributed by atoms with Gasteiger partial charge in [0.1, 0.15) is 5.75 Å². The summed E-state index contributed by atoms with van der Waals surface area (Å²) in [5.41, 5.74) is 6.99. The Morgan fingerprint density at radius 2 is 2.26 bits per heavy atom. The molecule has 0 amide bonds. The van der Waals surface area contributed by atoms with Gasteiger partial charge < -0.3 is 15.2 Å². The molecule has 2 rings (SSSR count). The number of methoxy groups -OCH3 is 1. The number of hydrogen-bond acceptors (Lipinski definition) is 4. The van der Waals surface area contributed by atoms with Gasteiger partial charge in [0.2, 0.25) is 0 Å². The van der Waals surface area contributed by atoms with Gasteiger partial charge in [-0.1, -0.05) is 25.1 Å². The summed E-state index contributed by atoms with van der Waals surface area (Å²) in [5.74, 6) is 0.613. The van der Waals surface area contributed by atoms with Crippen LogP contribution < -0.4 is 10.5 Å². The van der Waals surface area contributed by atoms with Crippen molar-refractivity contribution in [3.8, 4) is 5.75 Å². The van der Waals surface area contributed by atoms with Gasteiger partial charge >= 0.3 is 5.97 Å². The fourth-order valence-corrected chi connectivity index (χ4v) is 2.90. The summed E-state index contributed by atoms with van der Waals surface area (Å²) in [5, 5.41) is 0. The Bertz CT molecular complexity index is 460. The van der Waals surface area contributed by atoms with Crippen molar-refractivity contribution in [3.63, 3.8) is 0 Å². The maximum absolute atomic E-state index is 11.8. The van der Waals surface area contributed by atoms with E-state index in [9.17, 15) is 4.79 Å². The van der Waals surface area contributed by atoms with Crippen LogP contribution in [0.15, 0.2) is 24.3 Å². The topological polar surface area (TPSA) is 61.6 Å². The lowest BCUT2D eigenvalue weighted by molar-refractivity contribution is -0.142. The van der Waals surface area contributed by atoms with Gasteiger partial charge in [-0.3, -0.25) is 4.79 Å². The summed E-state index contributed by atoms with van der Waals surface area (Å²) in [4.78, 5) is 11.8. The molecule has 0 bridgehead atoms. The van der Waals surface area contributed by atoms with Gasteiger partial charge in [-0.15, -0.1) is 0 Å². The molecule has 104 valence electrons. The number of fused-ring (bicyclic) bond motifs is 1. The molecule has 0 saturated carbocycles. The number of esters is 1. The molecule has 1 aliphatic heterocycles. The summed E-state index contributed by atoms with van der Waals surface area (Å²) in [6, 6.07) is 7.75. The molecule has 0 aliphatic carbocycles. The summed E-state index contributed by atoms with van der Waals surface area (Å²) >= 11 is 0. The second-order valence-corrected chi connectivity index (χ2v) is 5.02. The number of para-hydroxylation sites is 1. The monoisotopic (exact) mass is 263 g/mol. The molecule has 2 atom stereocenters. The Labute approximate surface area is 113 Å². The van der Waals surface area contributed by atoms with E-state index >= 15 is 0 Å². The van der Waals surface area contributed by atoms with Crippen LogP contribution in [-0.4, -0.2) is 25.7 Å². The number of rotatable bonds is 4. The van der Waals surface area contributed by atoms with Crippen LogP contribution in [0.3, 0.4) is 0 Å². The van der Waals surface area contributed by atoms with Crippen molar-refractivity contribution in [2.24, 2.45) is 5.73 Å². The third-order valence-corrected chi connectivity index (χ3v) is 4.07. The van der Waals surface area contributed by atoms with Gasteiger partial charge in [0.25, 0.3) is 0 Å². The predicted octanol–water partition coefficient (Wildman–Crippen LogP) is 2.01. The molecular formula is C15H21NO3. The van der Waals surface area contributed by atoms with Crippen LogP contribution in [0.25, 0.3) is 0 Å².